The molecule has 13 heavy (non-hydrogen) atoms. The van der Waals surface area contributed by atoms with Gasteiger partial charge in [-0.2, -0.15) is 0 Å². The molecule has 0 saturated carbocycles. The van der Waals surface area contributed by atoms with E-state index in [1.165, 1.54) is 0 Å². The Labute approximate surface area is 77.2 Å². The van der Waals surface area contributed by atoms with Crippen molar-refractivity contribution >= 4 is 11.9 Å². The van der Waals surface area contributed by atoms with E-state index >= 15 is 0 Å². The lowest BCUT2D eigenvalue weighted by molar-refractivity contribution is -0.304. The number of unbranched alkanes of at least 4 members (excludes halogenated alkanes) is 1. The van der Waals surface area contributed by atoms with Crippen molar-refractivity contribution in [2.45, 2.75) is 26.2 Å². The lowest BCUT2D eigenvalue weighted by Gasteiger charge is -2.06. The maximum absolute atomic E-state index is 10.9. The molecule has 4 heteroatoms. The highest BCUT2D eigenvalue weighted by atomic mass is 16.5. The van der Waals surface area contributed by atoms with Gasteiger partial charge in [0.2, 0.25) is 0 Å². The first-order valence-electron chi connectivity index (χ1n) is 4.12. The van der Waals surface area contributed by atoms with E-state index in [0.717, 1.165) is 12.8 Å². The molecule has 0 aromatic heterocycles. The largest absolute Gasteiger partial charge is 0.550 e. The quantitative estimate of drug-likeness (QED) is 0.332. The van der Waals surface area contributed by atoms with Gasteiger partial charge in [0.05, 0.1) is 6.61 Å². The van der Waals surface area contributed by atoms with Crippen LogP contribution in [0.3, 0.4) is 0 Å². The average Bonchev–Trinajstić information content (AvgIpc) is 2.03. The summed E-state index contributed by atoms with van der Waals surface area (Å²) in [6, 6.07) is 0. The van der Waals surface area contributed by atoms with E-state index in [4.69, 9.17) is 4.74 Å². The highest BCUT2D eigenvalue weighted by Gasteiger charge is 2.07. The molecule has 0 atom stereocenters. The molecule has 0 bridgehead atoms. The summed E-state index contributed by atoms with van der Waals surface area (Å²) in [5, 5.41) is 10.1. The van der Waals surface area contributed by atoms with Crippen molar-refractivity contribution in [2.75, 3.05) is 6.61 Å². The summed E-state index contributed by atoms with van der Waals surface area (Å²) in [6.45, 7) is 5.55. The van der Waals surface area contributed by atoms with Crippen LogP contribution >= 0.6 is 0 Å². The van der Waals surface area contributed by atoms with Crippen LogP contribution in [-0.2, 0) is 14.3 Å². The third kappa shape index (κ3) is 5.90. The van der Waals surface area contributed by atoms with Gasteiger partial charge in [0.1, 0.15) is 0 Å². The van der Waals surface area contributed by atoms with Gasteiger partial charge in [-0.25, -0.2) is 4.79 Å². The van der Waals surface area contributed by atoms with Crippen LogP contribution in [0.5, 0.6) is 0 Å². The van der Waals surface area contributed by atoms with Gasteiger partial charge < -0.3 is 14.6 Å². The molecule has 0 aliphatic heterocycles. The summed E-state index contributed by atoms with van der Waals surface area (Å²) in [6.07, 6.45) is 1.22. The summed E-state index contributed by atoms with van der Waals surface area (Å²) in [7, 11) is 0. The number of hydrogen-bond donors (Lipinski definition) is 0. The molecule has 0 aromatic carbocycles. The molecular formula is C9H13O4-. The van der Waals surface area contributed by atoms with Crippen molar-refractivity contribution in [1.29, 1.82) is 0 Å². The van der Waals surface area contributed by atoms with E-state index in [1.54, 1.807) is 0 Å². The average molecular weight is 185 g/mol. The molecule has 4 nitrogen and oxygen atoms in total. The van der Waals surface area contributed by atoms with Crippen LogP contribution < -0.4 is 5.11 Å². The fourth-order valence-corrected chi connectivity index (χ4v) is 0.658. The van der Waals surface area contributed by atoms with Crippen LogP contribution in [0.4, 0.5) is 0 Å². The molecule has 0 aliphatic rings. The topological polar surface area (TPSA) is 66.4 Å². The highest BCUT2D eigenvalue weighted by molar-refractivity contribution is 5.92. The molecular weight excluding hydrogens is 172 g/mol. The van der Waals surface area contributed by atoms with Crippen molar-refractivity contribution in [3.63, 3.8) is 0 Å². The third-order valence-corrected chi connectivity index (χ3v) is 1.38. The van der Waals surface area contributed by atoms with Gasteiger partial charge in [-0.15, -0.1) is 0 Å². The highest BCUT2D eigenvalue weighted by Crippen LogP contribution is 2.00. The molecule has 0 fully saturated rings. The zero-order valence-corrected chi connectivity index (χ0v) is 7.67. The van der Waals surface area contributed by atoms with E-state index in [-0.39, 0.29) is 5.57 Å². The fraction of sp³-hybridized carbons (Fsp3) is 0.556. The second-order valence-electron chi connectivity index (χ2n) is 2.64. The number of ether oxygens (including phenoxy) is 1. The molecule has 0 aromatic rings. The minimum absolute atomic E-state index is 0.0731. The molecule has 0 unspecified atom stereocenters. The SMILES string of the molecule is C=C(CC(=O)[O-])C(=O)OCCCC. The summed E-state index contributed by atoms with van der Waals surface area (Å²) in [5.74, 6) is -1.98. The van der Waals surface area contributed by atoms with Gasteiger partial charge in [0.25, 0.3) is 0 Å². The normalized spacial score (nSPS) is 9.31. The van der Waals surface area contributed by atoms with Gasteiger partial charge >= 0.3 is 5.97 Å². The Balaban J connectivity index is 3.70. The second-order valence-corrected chi connectivity index (χ2v) is 2.64. The molecule has 0 N–H and O–H groups in total. The van der Waals surface area contributed by atoms with Gasteiger partial charge in [-0.05, 0) is 6.42 Å². The number of carbonyl (C=O) groups excluding carboxylic acids is 2. The Hall–Kier alpha value is -1.32. The second kappa shape index (κ2) is 6.22. The molecule has 0 rings (SSSR count). The third-order valence-electron chi connectivity index (χ3n) is 1.38. The Morgan fingerprint density at radius 2 is 2.08 bits per heavy atom. The van der Waals surface area contributed by atoms with Crippen molar-refractivity contribution in [3.05, 3.63) is 12.2 Å². The Morgan fingerprint density at radius 3 is 2.54 bits per heavy atom. The number of hydrogen-bond acceptors (Lipinski definition) is 4. The zero-order chi connectivity index (χ0) is 10.3. The van der Waals surface area contributed by atoms with E-state index in [9.17, 15) is 14.7 Å². The van der Waals surface area contributed by atoms with Gasteiger partial charge in [-0.3, -0.25) is 0 Å². The lowest BCUT2D eigenvalue weighted by Crippen LogP contribution is -2.24. The molecule has 0 amide bonds. The summed E-state index contributed by atoms with van der Waals surface area (Å²) in [5.41, 5.74) is -0.0731. The molecule has 0 radical (unpaired) electrons. The molecule has 0 saturated heterocycles. The maximum Gasteiger partial charge on any atom is 0.333 e. The molecule has 0 heterocycles. The number of carboxylic acid groups (broad SMARTS) is 1. The smallest absolute Gasteiger partial charge is 0.333 e. The first-order valence-corrected chi connectivity index (χ1v) is 4.12. The van der Waals surface area contributed by atoms with Gasteiger partial charge in [-0.1, -0.05) is 19.9 Å². The van der Waals surface area contributed by atoms with Crippen LogP contribution in [0.1, 0.15) is 26.2 Å². The molecule has 0 spiro atoms. The number of rotatable bonds is 6. The monoisotopic (exact) mass is 185 g/mol. The van der Waals surface area contributed by atoms with Gasteiger partial charge in [0, 0.05) is 18.0 Å². The number of carboxylic acids is 1. The fourth-order valence-electron chi connectivity index (χ4n) is 0.658. The Bertz CT molecular complexity index is 208. The van der Waals surface area contributed by atoms with Crippen molar-refractivity contribution < 1.29 is 19.4 Å². The summed E-state index contributed by atoms with van der Waals surface area (Å²) < 4.78 is 4.72. The van der Waals surface area contributed by atoms with Crippen LogP contribution in [0, 0.1) is 0 Å². The Kier molecular flexibility index (Phi) is 5.59. The number of carbonyl (C=O) groups is 2. The summed E-state index contributed by atoms with van der Waals surface area (Å²) in [4.78, 5) is 21.0. The van der Waals surface area contributed by atoms with E-state index < -0.39 is 18.4 Å². The summed E-state index contributed by atoms with van der Waals surface area (Å²) >= 11 is 0. The predicted octanol–water partition coefficient (Wildman–Crippen LogP) is 0.0259. The van der Waals surface area contributed by atoms with Crippen LogP contribution in [0.25, 0.3) is 0 Å². The standard InChI is InChI=1S/C9H14O4/c1-3-4-5-13-9(12)7(2)6-8(10)11/h2-6H2,1H3,(H,10,11)/p-1. The maximum atomic E-state index is 10.9. The first-order chi connectivity index (χ1) is 6.07. The molecule has 0 aliphatic carbocycles. The van der Waals surface area contributed by atoms with Crippen molar-refractivity contribution in [1.82, 2.24) is 0 Å². The van der Waals surface area contributed by atoms with E-state index in [0.29, 0.717) is 6.61 Å². The number of aliphatic carboxylic acids is 1. The van der Waals surface area contributed by atoms with Crippen LogP contribution in [-0.4, -0.2) is 18.5 Å². The minimum Gasteiger partial charge on any atom is -0.550 e. The van der Waals surface area contributed by atoms with E-state index in [2.05, 4.69) is 6.58 Å². The Morgan fingerprint density at radius 1 is 1.46 bits per heavy atom. The zero-order valence-electron chi connectivity index (χ0n) is 7.67. The lowest BCUT2D eigenvalue weighted by atomic mass is 10.2. The first kappa shape index (κ1) is 11.7. The number of esters is 1. The minimum atomic E-state index is -1.32. The van der Waals surface area contributed by atoms with Gasteiger partial charge in [0.15, 0.2) is 0 Å². The molecule has 74 valence electrons. The predicted molar refractivity (Wildman–Crippen MR) is 44.6 cm³/mol. The van der Waals surface area contributed by atoms with Crippen molar-refractivity contribution in [3.8, 4) is 0 Å². The van der Waals surface area contributed by atoms with Crippen LogP contribution in [0.15, 0.2) is 12.2 Å². The van der Waals surface area contributed by atoms with Crippen LogP contribution in [0.2, 0.25) is 0 Å². The van der Waals surface area contributed by atoms with E-state index in [1.807, 2.05) is 6.92 Å². The van der Waals surface area contributed by atoms with Crippen molar-refractivity contribution in [2.24, 2.45) is 0 Å².